The molecule has 1 saturated heterocycles. The van der Waals surface area contributed by atoms with E-state index in [0.29, 0.717) is 5.91 Å². The molecule has 1 heterocycles. The molecule has 0 unspecified atom stereocenters. The summed E-state index contributed by atoms with van der Waals surface area (Å²) in [7, 11) is 0. The molecular weight excluding hydrogens is 316 g/mol. The molecule has 20 heavy (non-hydrogen) atoms. The van der Waals surface area contributed by atoms with E-state index in [0.717, 1.165) is 63.2 Å². The molecule has 2 aliphatic rings. The van der Waals surface area contributed by atoms with E-state index in [1.54, 1.807) is 0 Å². The smallest absolute Gasteiger partial charge is 0.222 e. The largest absolute Gasteiger partial charge is 0.341 e. The van der Waals surface area contributed by atoms with Gasteiger partial charge in [-0.2, -0.15) is 0 Å². The lowest BCUT2D eigenvalue weighted by Crippen LogP contribution is -2.35. The molecule has 0 atom stereocenters. The predicted octanol–water partition coefficient (Wildman–Crippen LogP) is 3.28. The fourth-order valence-corrected chi connectivity index (χ4v) is 4.03. The van der Waals surface area contributed by atoms with Crippen molar-refractivity contribution < 1.29 is 4.79 Å². The van der Waals surface area contributed by atoms with Crippen molar-refractivity contribution in [2.75, 3.05) is 38.1 Å². The van der Waals surface area contributed by atoms with Gasteiger partial charge in [0.1, 0.15) is 0 Å². The van der Waals surface area contributed by atoms with E-state index in [2.05, 4.69) is 25.7 Å². The van der Waals surface area contributed by atoms with Gasteiger partial charge in [-0.25, -0.2) is 0 Å². The molecule has 4 heteroatoms. The summed E-state index contributed by atoms with van der Waals surface area (Å²) in [6.45, 7) is 5.17. The molecule has 0 spiro atoms. The number of nitrogens with zero attached hydrogens (tertiary/aromatic N) is 2. The first kappa shape index (κ1) is 16.3. The normalized spacial score (nSPS) is 22.8. The lowest BCUT2D eigenvalue weighted by atomic mass is 9.86. The Morgan fingerprint density at radius 1 is 1.00 bits per heavy atom. The number of rotatable bonds is 5. The molecule has 0 aromatic heterocycles. The number of amides is 1. The van der Waals surface area contributed by atoms with Crippen LogP contribution < -0.4 is 0 Å². The zero-order valence-corrected chi connectivity index (χ0v) is 14.2. The number of hydrogen-bond donors (Lipinski definition) is 0. The van der Waals surface area contributed by atoms with Crippen molar-refractivity contribution in [3.05, 3.63) is 0 Å². The summed E-state index contributed by atoms with van der Waals surface area (Å²) in [4.78, 5) is 16.9. The highest BCUT2D eigenvalue weighted by Gasteiger charge is 2.20. The molecule has 116 valence electrons. The Balaban J connectivity index is 1.69. The van der Waals surface area contributed by atoms with Gasteiger partial charge in [-0.05, 0) is 25.3 Å². The Morgan fingerprint density at radius 3 is 2.55 bits per heavy atom. The van der Waals surface area contributed by atoms with E-state index in [1.165, 1.54) is 32.1 Å². The van der Waals surface area contributed by atoms with Crippen LogP contribution in [-0.4, -0.2) is 53.8 Å². The summed E-state index contributed by atoms with van der Waals surface area (Å²) >= 11 is 3.50. The average molecular weight is 345 g/mol. The third kappa shape index (κ3) is 5.36. The maximum absolute atomic E-state index is 12.4. The molecule has 0 aromatic carbocycles. The fraction of sp³-hybridized carbons (Fsp3) is 0.938. The average Bonchev–Trinajstić information content (AvgIpc) is 2.72. The molecule has 1 saturated carbocycles. The fourth-order valence-electron chi connectivity index (χ4n) is 3.52. The van der Waals surface area contributed by atoms with Gasteiger partial charge in [0.2, 0.25) is 5.91 Å². The van der Waals surface area contributed by atoms with Gasteiger partial charge in [0.05, 0.1) is 0 Å². The van der Waals surface area contributed by atoms with Crippen molar-refractivity contribution in [2.24, 2.45) is 5.92 Å². The Morgan fingerprint density at radius 2 is 1.80 bits per heavy atom. The van der Waals surface area contributed by atoms with E-state index in [4.69, 9.17) is 0 Å². The van der Waals surface area contributed by atoms with Crippen LogP contribution in [0.1, 0.15) is 51.4 Å². The highest BCUT2D eigenvalue weighted by Crippen LogP contribution is 2.27. The monoisotopic (exact) mass is 344 g/mol. The van der Waals surface area contributed by atoms with Gasteiger partial charge >= 0.3 is 0 Å². The van der Waals surface area contributed by atoms with Crippen LogP contribution in [0.4, 0.5) is 0 Å². The van der Waals surface area contributed by atoms with Crippen LogP contribution in [-0.2, 0) is 4.79 Å². The summed E-state index contributed by atoms with van der Waals surface area (Å²) in [5.74, 6) is 1.22. The number of hydrogen-bond acceptors (Lipinski definition) is 2. The zero-order chi connectivity index (χ0) is 14.2. The first-order chi connectivity index (χ1) is 9.79. The molecule has 2 rings (SSSR count). The van der Waals surface area contributed by atoms with Crippen LogP contribution >= 0.6 is 15.9 Å². The standard InChI is InChI=1S/C16H29BrN2O/c17-9-12-18-10-4-11-19(14-13-18)16(20)8-7-15-5-2-1-3-6-15/h15H,1-14H2. The quantitative estimate of drug-likeness (QED) is 0.714. The molecule has 2 fully saturated rings. The van der Waals surface area contributed by atoms with E-state index in [9.17, 15) is 4.79 Å². The SMILES string of the molecule is O=C(CCC1CCCCC1)N1CCCN(CCBr)CC1. The van der Waals surface area contributed by atoms with E-state index >= 15 is 0 Å². The summed E-state index contributed by atoms with van der Waals surface area (Å²) in [5.41, 5.74) is 0. The first-order valence-electron chi connectivity index (χ1n) is 8.35. The van der Waals surface area contributed by atoms with Crippen LogP contribution in [0.5, 0.6) is 0 Å². The molecule has 1 amide bonds. The highest BCUT2D eigenvalue weighted by atomic mass is 79.9. The third-order valence-electron chi connectivity index (χ3n) is 4.83. The van der Waals surface area contributed by atoms with Gasteiger partial charge in [-0.3, -0.25) is 4.79 Å². The number of alkyl halides is 1. The van der Waals surface area contributed by atoms with Crippen LogP contribution in [0.25, 0.3) is 0 Å². The van der Waals surface area contributed by atoms with Gasteiger partial charge in [0.15, 0.2) is 0 Å². The molecule has 0 aromatic rings. The zero-order valence-electron chi connectivity index (χ0n) is 12.7. The van der Waals surface area contributed by atoms with Crippen molar-refractivity contribution in [3.63, 3.8) is 0 Å². The van der Waals surface area contributed by atoms with E-state index < -0.39 is 0 Å². The van der Waals surface area contributed by atoms with Gasteiger partial charge in [-0.1, -0.05) is 48.0 Å². The second-order valence-corrected chi connectivity index (χ2v) is 7.10. The third-order valence-corrected chi connectivity index (χ3v) is 5.19. The van der Waals surface area contributed by atoms with Crippen LogP contribution in [0, 0.1) is 5.92 Å². The Labute approximate surface area is 132 Å². The van der Waals surface area contributed by atoms with E-state index in [1.807, 2.05) is 0 Å². The number of carbonyl (C=O) groups is 1. The number of carbonyl (C=O) groups excluding carboxylic acids is 1. The van der Waals surface area contributed by atoms with Gasteiger partial charge in [0.25, 0.3) is 0 Å². The minimum atomic E-state index is 0.399. The van der Waals surface area contributed by atoms with Crippen LogP contribution in [0.2, 0.25) is 0 Å². The lowest BCUT2D eigenvalue weighted by Gasteiger charge is -2.24. The predicted molar refractivity (Wildman–Crippen MR) is 87.2 cm³/mol. The summed E-state index contributed by atoms with van der Waals surface area (Å²) < 4.78 is 0. The molecule has 1 aliphatic carbocycles. The molecule has 3 nitrogen and oxygen atoms in total. The van der Waals surface area contributed by atoms with Gasteiger partial charge < -0.3 is 9.80 Å². The van der Waals surface area contributed by atoms with Crippen molar-refractivity contribution in [1.29, 1.82) is 0 Å². The highest BCUT2D eigenvalue weighted by molar-refractivity contribution is 9.09. The van der Waals surface area contributed by atoms with Crippen molar-refractivity contribution in [2.45, 2.75) is 51.4 Å². The Bertz CT molecular complexity index is 292. The molecule has 0 N–H and O–H groups in total. The number of halogens is 1. The molecular formula is C16H29BrN2O. The molecule has 0 radical (unpaired) electrons. The topological polar surface area (TPSA) is 23.6 Å². The molecule has 1 aliphatic heterocycles. The van der Waals surface area contributed by atoms with Crippen molar-refractivity contribution in [3.8, 4) is 0 Å². The Kier molecular flexibility index (Phi) is 7.36. The summed E-state index contributed by atoms with van der Waals surface area (Å²) in [6.07, 6.45) is 9.90. The van der Waals surface area contributed by atoms with Crippen LogP contribution in [0.15, 0.2) is 0 Å². The van der Waals surface area contributed by atoms with Crippen molar-refractivity contribution in [1.82, 2.24) is 9.80 Å². The van der Waals surface area contributed by atoms with E-state index in [-0.39, 0.29) is 0 Å². The van der Waals surface area contributed by atoms with Crippen LogP contribution in [0.3, 0.4) is 0 Å². The van der Waals surface area contributed by atoms with Gasteiger partial charge in [-0.15, -0.1) is 0 Å². The lowest BCUT2D eigenvalue weighted by molar-refractivity contribution is -0.131. The van der Waals surface area contributed by atoms with Gasteiger partial charge in [0, 0.05) is 37.9 Å². The van der Waals surface area contributed by atoms with Crippen molar-refractivity contribution >= 4 is 21.8 Å². The maximum Gasteiger partial charge on any atom is 0.222 e. The maximum atomic E-state index is 12.4. The summed E-state index contributed by atoms with van der Waals surface area (Å²) in [6, 6.07) is 0. The second kappa shape index (κ2) is 9.04. The molecule has 0 bridgehead atoms. The first-order valence-corrected chi connectivity index (χ1v) is 9.48. The second-order valence-electron chi connectivity index (χ2n) is 6.31. The Hall–Kier alpha value is -0.0900. The summed E-state index contributed by atoms with van der Waals surface area (Å²) in [5, 5.41) is 1.03. The minimum absolute atomic E-state index is 0.399. The minimum Gasteiger partial charge on any atom is -0.341 e.